The fourth-order valence-corrected chi connectivity index (χ4v) is 6.07. The summed E-state index contributed by atoms with van der Waals surface area (Å²) in [5.41, 5.74) is 0.182. The fourth-order valence-electron chi connectivity index (χ4n) is 3.67. The lowest BCUT2D eigenvalue weighted by molar-refractivity contribution is -0.141. The summed E-state index contributed by atoms with van der Waals surface area (Å²) in [5.74, 6) is -1.41. The Kier molecular flexibility index (Phi) is 14.1. The van der Waals surface area contributed by atoms with E-state index in [4.69, 9.17) is 9.26 Å². The summed E-state index contributed by atoms with van der Waals surface area (Å²) < 4.78 is 21.7. The number of carboxylic acids is 1. The minimum Gasteiger partial charge on any atom is -0.481 e. The molecule has 2 unspecified atom stereocenters. The molecule has 0 spiro atoms. The first kappa shape index (κ1) is 35.4. The predicted octanol–water partition coefficient (Wildman–Crippen LogP) is 4.94. The highest BCUT2D eigenvalue weighted by atomic mass is 33.1. The zero-order chi connectivity index (χ0) is 31.3. The van der Waals surface area contributed by atoms with Gasteiger partial charge in [-0.25, -0.2) is 14.3 Å². The summed E-state index contributed by atoms with van der Waals surface area (Å²) in [7, 11) is -1.78. The summed E-state index contributed by atoms with van der Waals surface area (Å²) in [6, 6.07) is 9.54. The SMILES string of the molecule is CC(CC(Cc1ccc(OP(=O)(O)O)c(CNC(=O)CCCSSc2ccccn2)c1)NC(=O)OC(C)(C)C)C(=O)O. The Bertz CT molecular complexity index is 1240. The van der Waals surface area contributed by atoms with Gasteiger partial charge < -0.3 is 25.0 Å². The maximum atomic E-state index is 12.5. The van der Waals surface area contributed by atoms with Crippen LogP contribution in [-0.2, 0) is 31.9 Å². The molecular weight excluding hydrogens is 605 g/mol. The van der Waals surface area contributed by atoms with Crippen molar-refractivity contribution >= 4 is 47.4 Å². The van der Waals surface area contributed by atoms with Gasteiger partial charge in [-0.1, -0.05) is 35.9 Å². The van der Waals surface area contributed by atoms with Gasteiger partial charge in [0.1, 0.15) is 16.4 Å². The van der Waals surface area contributed by atoms with E-state index in [2.05, 4.69) is 15.6 Å². The van der Waals surface area contributed by atoms with Crippen LogP contribution in [0.3, 0.4) is 0 Å². The molecule has 42 heavy (non-hydrogen) atoms. The zero-order valence-corrected chi connectivity index (χ0v) is 26.5. The molecule has 0 aliphatic heterocycles. The average Bonchev–Trinajstić information content (AvgIpc) is 2.87. The molecule has 2 atom stereocenters. The van der Waals surface area contributed by atoms with Crippen LogP contribution in [0.15, 0.2) is 47.6 Å². The van der Waals surface area contributed by atoms with Crippen molar-refractivity contribution in [2.24, 2.45) is 5.92 Å². The quantitative estimate of drug-likeness (QED) is 0.0945. The molecule has 0 saturated heterocycles. The smallest absolute Gasteiger partial charge is 0.481 e. The van der Waals surface area contributed by atoms with Gasteiger partial charge in [0, 0.05) is 36.5 Å². The number of amides is 2. The van der Waals surface area contributed by atoms with E-state index >= 15 is 0 Å². The molecule has 1 aromatic heterocycles. The van der Waals surface area contributed by atoms with Crippen molar-refractivity contribution in [2.75, 3.05) is 5.75 Å². The molecular formula is C27H38N3O9PS2. The molecule has 5 N–H and O–H groups in total. The Morgan fingerprint density at radius 3 is 2.50 bits per heavy atom. The third kappa shape index (κ3) is 14.9. The van der Waals surface area contributed by atoms with Crippen LogP contribution < -0.4 is 15.2 Å². The number of aromatic nitrogens is 1. The van der Waals surface area contributed by atoms with Gasteiger partial charge in [0.05, 0.1) is 5.92 Å². The number of carbonyl (C=O) groups excluding carboxylic acids is 2. The third-order valence-electron chi connectivity index (χ3n) is 5.49. The summed E-state index contributed by atoms with van der Waals surface area (Å²) >= 11 is 0. The fraction of sp³-hybridized carbons (Fsp3) is 0.481. The predicted molar refractivity (Wildman–Crippen MR) is 161 cm³/mol. The number of phosphoric acid groups is 1. The second-order valence-corrected chi connectivity index (χ2v) is 14.1. The van der Waals surface area contributed by atoms with E-state index in [-0.39, 0.29) is 37.5 Å². The molecule has 0 fully saturated rings. The summed E-state index contributed by atoms with van der Waals surface area (Å²) in [5, 5.41) is 15.7. The van der Waals surface area contributed by atoms with E-state index in [1.807, 2.05) is 18.2 Å². The lowest BCUT2D eigenvalue weighted by Crippen LogP contribution is -2.41. The van der Waals surface area contributed by atoms with Crippen LogP contribution in [0.1, 0.15) is 58.1 Å². The van der Waals surface area contributed by atoms with Gasteiger partial charge in [-0.05, 0) is 74.6 Å². The van der Waals surface area contributed by atoms with E-state index in [0.29, 0.717) is 17.5 Å². The van der Waals surface area contributed by atoms with Crippen LogP contribution in [0.4, 0.5) is 4.79 Å². The lowest BCUT2D eigenvalue weighted by atomic mass is 9.95. The second kappa shape index (κ2) is 16.8. The molecule has 1 aromatic carbocycles. The van der Waals surface area contributed by atoms with Crippen molar-refractivity contribution in [1.82, 2.24) is 15.6 Å². The second-order valence-electron chi connectivity index (χ2n) is 10.5. The highest BCUT2D eigenvalue weighted by Crippen LogP contribution is 2.39. The number of pyridine rings is 1. The number of aliphatic carboxylic acids is 1. The number of phosphoric ester groups is 1. The van der Waals surface area contributed by atoms with Crippen molar-refractivity contribution in [1.29, 1.82) is 0 Å². The van der Waals surface area contributed by atoms with E-state index in [1.165, 1.54) is 23.8 Å². The first-order chi connectivity index (χ1) is 19.6. The molecule has 0 radical (unpaired) electrons. The van der Waals surface area contributed by atoms with Crippen molar-refractivity contribution in [3.8, 4) is 5.75 Å². The molecule has 2 rings (SSSR count). The van der Waals surface area contributed by atoms with Crippen LogP contribution in [0.2, 0.25) is 0 Å². The first-order valence-electron chi connectivity index (χ1n) is 13.2. The number of rotatable bonds is 16. The van der Waals surface area contributed by atoms with Crippen molar-refractivity contribution < 1.29 is 43.1 Å². The molecule has 232 valence electrons. The normalized spacial score (nSPS) is 13.1. The molecule has 2 aromatic rings. The minimum absolute atomic E-state index is 0.0620. The number of nitrogens with one attached hydrogen (secondary N) is 2. The van der Waals surface area contributed by atoms with Crippen LogP contribution >= 0.6 is 29.4 Å². The Morgan fingerprint density at radius 1 is 1.14 bits per heavy atom. The molecule has 0 saturated carbocycles. The highest BCUT2D eigenvalue weighted by Gasteiger charge is 2.25. The van der Waals surface area contributed by atoms with Gasteiger partial charge in [0.25, 0.3) is 0 Å². The summed E-state index contributed by atoms with van der Waals surface area (Å²) in [6.45, 7) is 6.60. The Hall–Kier alpha value is -2.77. The largest absolute Gasteiger partial charge is 0.524 e. The number of benzene rings is 1. The molecule has 15 heteroatoms. The molecule has 0 aliphatic rings. The molecule has 0 bridgehead atoms. The van der Waals surface area contributed by atoms with Gasteiger partial charge >= 0.3 is 19.9 Å². The topological polar surface area (TPSA) is 184 Å². The molecule has 0 aliphatic carbocycles. The van der Waals surface area contributed by atoms with E-state index in [9.17, 15) is 33.8 Å². The van der Waals surface area contributed by atoms with Gasteiger partial charge in [0.15, 0.2) is 0 Å². The number of nitrogens with zero attached hydrogens (tertiary/aromatic N) is 1. The monoisotopic (exact) mass is 643 g/mol. The third-order valence-corrected chi connectivity index (χ3v) is 8.28. The number of hydrogen-bond donors (Lipinski definition) is 5. The Morgan fingerprint density at radius 2 is 1.88 bits per heavy atom. The molecule has 1 heterocycles. The van der Waals surface area contributed by atoms with E-state index < -0.39 is 37.4 Å². The number of alkyl carbamates (subject to hydrolysis) is 1. The zero-order valence-electron chi connectivity index (χ0n) is 23.9. The maximum Gasteiger partial charge on any atom is 0.524 e. The Balaban J connectivity index is 2.07. The number of carbonyl (C=O) groups is 3. The minimum atomic E-state index is -4.89. The number of ether oxygens (including phenoxy) is 1. The molecule has 12 nitrogen and oxygen atoms in total. The standard InChI is InChI=1S/C27H38N3O9PS2/c1-18(25(32)33)14-21(30-26(34)38-27(2,3)4)16-19-10-11-22(39-40(35,36)37)20(15-19)17-29-23(31)8-7-13-41-42-24-9-5-6-12-28-24/h5-6,9-12,15,18,21H,7-8,13-14,16-17H2,1-4H3,(H,29,31)(H,30,34)(H,32,33)(H2,35,36,37). The van der Waals surface area contributed by atoms with E-state index in [1.54, 1.807) is 49.9 Å². The van der Waals surface area contributed by atoms with Crippen LogP contribution in [-0.4, -0.2) is 55.2 Å². The number of carboxylic acid groups (broad SMARTS) is 1. The summed E-state index contributed by atoms with van der Waals surface area (Å²) in [6.07, 6.45) is 2.18. The van der Waals surface area contributed by atoms with Crippen LogP contribution in [0.25, 0.3) is 0 Å². The first-order valence-corrected chi connectivity index (χ1v) is 17.0. The lowest BCUT2D eigenvalue weighted by Gasteiger charge is -2.25. The van der Waals surface area contributed by atoms with Gasteiger partial charge in [-0.15, -0.1) is 0 Å². The van der Waals surface area contributed by atoms with E-state index in [0.717, 1.165) is 10.8 Å². The van der Waals surface area contributed by atoms with Crippen molar-refractivity contribution in [3.63, 3.8) is 0 Å². The maximum absolute atomic E-state index is 12.5. The summed E-state index contributed by atoms with van der Waals surface area (Å²) in [4.78, 5) is 59.3. The van der Waals surface area contributed by atoms with Gasteiger partial charge in [-0.3, -0.25) is 19.4 Å². The Labute approximate surface area is 253 Å². The van der Waals surface area contributed by atoms with Crippen molar-refractivity contribution in [3.05, 3.63) is 53.7 Å². The van der Waals surface area contributed by atoms with Crippen molar-refractivity contribution in [2.45, 2.75) is 76.6 Å². The van der Waals surface area contributed by atoms with Crippen LogP contribution in [0, 0.1) is 5.92 Å². The van der Waals surface area contributed by atoms with Gasteiger partial charge in [0.2, 0.25) is 5.91 Å². The molecule has 2 amide bonds. The average molecular weight is 644 g/mol. The number of hydrogen-bond acceptors (Lipinski definition) is 9. The highest BCUT2D eigenvalue weighted by molar-refractivity contribution is 8.76. The van der Waals surface area contributed by atoms with Crippen LogP contribution in [0.5, 0.6) is 5.75 Å². The van der Waals surface area contributed by atoms with Gasteiger partial charge in [-0.2, -0.15) is 0 Å².